The van der Waals surface area contributed by atoms with E-state index in [9.17, 15) is 22.8 Å². The van der Waals surface area contributed by atoms with E-state index in [0.717, 1.165) is 24.0 Å². The van der Waals surface area contributed by atoms with Gasteiger partial charge in [0.25, 0.3) is 15.9 Å². The Hall–Kier alpha value is -5.00. The van der Waals surface area contributed by atoms with Crippen molar-refractivity contribution in [3.63, 3.8) is 0 Å². The van der Waals surface area contributed by atoms with Gasteiger partial charge in [-0.1, -0.05) is 75.1 Å². The summed E-state index contributed by atoms with van der Waals surface area (Å²) >= 11 is 0. The van der Waals surface area contributed by atoms with Crippen molar-refractivity contribution in [2.45, 2.75) is 69.9 Å². The van der Waals surface area contributed by atoms with Crippen LogP contribution < -0.4 is 20.1 Å². The van der Waals surface area contributed by atoms with Crippen LogP contribution in [0.25, 0.3) is 0 Å². The first-order valence-electron chi connectivity index (χ1n) is 16.8. The average molecular weight is 700 g/mol. The molecule has 10 nitrogen and oxygen atoms in total. The fraction of sp³-hybridized carbons (Fsp3) is 0.308. The molecule has 264 valence electrons. The van der Waals surface area contributed by atoms with Crippen LogP contribution in [-0.4, -0.2) is 45.3 Å². The molecular formula is C39H45N3O7S. The molecule has 2 amide bonds. The smallest absolute Gasteiger partial charge is 0.261 e. The summed E-state index contributed by atoms with van der Waals surface area (Å²) in [5.74, 6) is -0.373. The van der Waals surface area contributed by atoms with E-state index in [0.29, 0.717) is 35.9 Å². The van der Waals surface area contributed by atoms with Crippen LogP contribution in [0.5, 0.6) is 5.75 Å². The minimum absolute atomic E-state index is 0.111. The van der Waals surface area contributed by atoms with Gasteiger partial charge < -0.3 is 20.1 Å². The molecule has 4 rings (SSSR count). The molecule has 0 spiro atoms. The number of ketones is 1. The van der Waals surface area contributed by atoms with Gasteiger partial charge in [-0.25, -0.2) is 8.42 Å². The number of nitrogens with one attached hydrogen (secondary N) is 3. The summed E-state index contributed by atoms with van der Waals surface area (Å²) in [7, 11) is -3.83. The predicted octanol–water partition coefficient (Wildman–Crippen LogP) is 6.92. The molecule has 4 aromatic carbocycles. The summed E-state index contributed by atoms with van der Waals surface area (Å²) < 4.78 is 39.7. The summed E-state index contributed by atoms with van der Waals surface area (Å²) in [6, 6.07) is 28.0. The van der Waals surface area contributed by atoms with E-state index in [-0.39, 0.29) is 29.6 Å². The van der Waals surface area contributed by atoms with Crippen molar-refractivity contribution < 1.29 is 32.3 Å². The number of carbonyl (C=O) groups is 3. The lowest BCUT2D eigenvalue weighted by atomic mass is 10.0. The third-order valence-corrected chi connectivity index (χ3v) is 9.27. The summed E-state index contributed by atoms with van der Waals surface area (Å²) in [6.45, 7) is 4.36. The van der Waals surface area contributed by atoms with Crippen LogP contribution in [0.1, 0.15) is 67.4 Å². The minimum Gasteiger partial charge on any atom is -0.494 e. The monoisotopic (exact) mass is 699 g/mol. The normalized spacial score (nSPS) is 11.7. The van der Waals surface area contributed by atoms with Gasteiger partial charge >= 0.3 is 0 Å². The number of carbonyl (C=O) groups excluding carboxylic acids is 3. The van der Waals surface area contributed by atoms with Crippen LogP contribution in [0, 0.1) is 0 Å². The molecule has 0 aliphatic heterocycles. The SMILES string of the molecule is CCCCCCCOc1ccc(S(=O)(=O)Nc2ccc(C[C@H](NC(=O)c3ccc(NC(=O)COCc4ccccc4)cc3)C(C)=O)cc2)cc1. The second kappa shape index (κ2) is 19.3. The number of amides is 2. The molecule has 0 bridgehead atoms. The molecule has 0 unspecified atom stereocenters. The molecule has 0 fully saturated rings. The van der Waals surface area contributed by atoms with Crippen LogP contribution >= 0.6 is 0 Å². The van der Waals surface area contributed by atoms with E-state index in [4.69, 9.17) is 9.47 Å². The van der Waals surface area contributed by atoms with Crippen LogP contribution in [0.3, 0.4) is 0 Å². The van der Waals surface area contributed by atoms with Gasteiger partial charge in [0, 0.05) is 16.9 Å². The van der Waals surface area contributed by atoms with Gasteiger partial charge in [0.1, 0.15) is 12.4 Å². The number of unbranched alkanes of at least 4 members (excludes halogenated alkanes) is 4. The Morgan fingerprint density at radius 3 is 2.06 bits per heavy atom. The maximum Gasteiger partial charge on any atom is 0.261 e. The van der Waals surface area contributed by atoms with E-state index >= 15 is 0 Å². The fourth-order valence-corrected chi connectivity index (χ4v) is 6.10. The molecule has 3 N–H and O–H groups in total. The average Bonchev–Trinajstić information content (AvgIpc) is 3.11. The Labute approximate surface area is 294 Å². The molecule has 1 atom stereocenters. The molecule has 0 aliphatic carbocycles. The Balaban J connectivity index is 1.24. The highest BCUT2D eigenvalue weighted by Crippen LogP contribution is 2.21. The second-order valence-electron chi connectivity index (χ2n) is 12.0. The molecule has 0 heterocycles. The first-order chi connectivity index (χ1) is 24.1. The number of Topliss-reactive ketones (excluding diaryl/α,β-unsaturated/α-hetero) is 1. The van der Waals surface area contributed by atoms with Crippen molar-refractivity contribution in [2.75, 3.05) is 23.3 Å². The van der Waals surface area contributed by atoms with E-state index < -0.39 is 22.0 Å². The third-order valence-electron chi connectivity index (χ3n) is 7.87. The van der Waals surface area contributed by atoms with E-state index in [1.807, 2.05) is 30.3 Å². The number of ether oxygens (including phenoxy) is 2. The van der Waals surface area contributed by atoms with Crippen LogP contribution in [0.4, 0.5) is 11.4 Å². The Morgan fingerprint density at radius 2 is 1.40 bits per heavy atom. The van der Waals surface area contributed by atoms with E-state index in [1.165, 1.54) is 38.3 Å². The van der Waals surface area contributed by atoms with Crippen molar-refractivity contribution in [3.8, 4) is 5.75 Å². The zero-order chi connectivity index (χ0) is 35.8. The van der Waals surface area contributed by atoms with Gasteiger partial charge in [-0.15, -0.1) is 0 Å². The highest BCUT2D eigenvalue weighted by atomic mass is 32.2. The lowest BCUT2D eigenvalue weighted by Gasteiger charge is -2.17. The van der Waals surface area contributed by atoms with Gasteiger partial charge in [-0.05, 0) is 91.6 Å². The van der Waals surface area contributed by atoms with Gasteiger partial charge in [0.15, 0.2) is 5.78 Å². The molecule has 0 aliphatic rings. The van der Waals surface area contributed by atoms with Gasteiger partial charge in [-0.2, -0.15) is 0 Å². The van der Waals surface area contributed by atoms with E-state index in [2.05, 4.69) is 22.3 Å². The summed E-state index contributed by atoms with van der Waals surface area (Å²) in [5.41, 5.74) is 2.88. The Bertz CT molecular complexity index is 1780. The fourth-order valence-electron chi connectivity index (χ4n) is 5.05. The molecule has 50 heavy (non-hydrogen) atoms. The number of anilines is 2. The second-order valence-corrected chi connectivity index (χ2v) is 13.7. The van der Waals surface area contributed by atoms with Gasteiger partial charge in [0.2, 0.25) is 5.91 Å². The van der Waals surface area contributed by atoms with E-state index in [1.54, 1.807) is 60.7 Å². The van der Waals surface area contributed by atoms with Crippen molar-refractivity contribution in [1.29, 1.82) is 0 Å². The van der Waals surface area contributed by atoms with Gasteiger partial charge in [-0.3, -0.25) is 19.1 Å². The number of sulfonamides is 1. The molecular weight excluding hydrogens is 655 g/mol. The van der Waals surface area contributed by atoms with Crippen molar-refractivity contribution >= 4 is 39.0 Å². The largest absolute Gasteiger partial charge is 0.494 e. The highest BCUT2D eigenvalue weighted by Gasteiger charge is 2.20. The Kier molecular flexibility index (Phi) is 14.6. The number of hydrogen-bond acceptors (Lipinski definition) is 7. The molecule has 11 heteroatoms. The van der Waals surface area contributed by atoms with Crippen LogP contribution in [0.2, 0.25) is 0 Å². The zero-order valence-corrected chi connectivity index (χ0v) is 29.3. The molecule has 0 aromatic heterocycles. The third kappa shape index (κ3) is 12.5. The number of hydrogen-bond donors (Lipinski definition) is 3. The molecule has 0 saturated heterocycles. The summed E-state index contributed by atoms with van der Waals surface area (Å²) in [4.78, 5) is 37.8. The van der Waals surface area contributed by atoms with Crippen molar-refractivity contribution in [1.82, 2.24) is 5.32 Å². The molecule has 0 saturated carbocycles. The van der Waals surface area contributed by atoms with Crippen LogP contribution in [-0.2, 0) is 37.4 Å². The summed E-state index contributed by atoms with van der Waals surface area (Å²) in [5, 5.41) is 5.50. The summed E-state index contributed by atoms with van der Waals surface area (Å²) in [6.07, 6.45) is 5.87. The first-order valence-corrected chi connectivity index (χ1v) is 18.3. The number of benzene rings is 4. The molecule has 4 aromatic rings. The quantitative estimate of drug-likeness (QED) is 0.0851. The maximum atomic E-state index is 13.0. The predicted molar refractivity (Wildman–Crippen MR) is 195 cm³/mol. The molecule has 0 radical (unpaired) electrons. The van der Waals surface area contributed by atoms with Crippen molar-refractivity contribution in [3.05, 3.63) is 120 Å². The zero-order valence-electron chi connectivity index (χ0n) is 28.5. The maximum absolute atomic E-state index is 13.0. The standard InChI is InChI=1S/C39H45N3O7S/c1-3-4-5-6-10-25-49-35-21-23-36(24-22-35)50(46,47)42-34-17-13-30(14-18-34)26-37(29(2)43)41-39(45)32-15-19-33(20-16-32)40-38(44)28-48-27-31-11-8-7-9-12-31/h7-9,11-24,37,42H,3-6,10,25-28H2,1-2H3,(H,40,44)(H,41,45)/t37-/m0/s1. The van der Waals surface area contributed by atoms with Crippen molar-refractivity contribution in [2.24, 2.45) is 0 Å². The topological polar surface area (TPSA) is 140 Å². The lowest BCUT2D eigenvalue weighted by Crippen LogP contribution is -2.41. The number of rotatable bonds is 20. The Morgan fingerprint density at radius 1 is 0.740 bits per heavy atom. The first kappa shape index (κ1) is 37.8. The lowest BCUT2D eigenvalue weighted by molar-refractivity contribution is -0.121. The van der Waals surface area contributed by atoms with Gasteiger partial charge in [0.05, 0.1) is 24.2 Å². The minimum atomic E-state index is -3.83. The van der Waals surface area contributed by atoms with Crippen LogP contribution in [0.15, 0.2) is 108 Å². The highest BCUT2D eigenvalue weighted by molar-refractivity contribution is 7.92.